The SMILES string of the molecule is C=C(C)C(=O)COCCC[Si](C)(O[Si](C)(C)C(C)(C)C)O[Si](C)(C)C(C)(C)C.CCC(CO)OC.CCC(O)COC. The van der Waals surface area contributed by atoms with Gasteiger partial charge in [0.15, 0.2) is 22.4 Å². The maximum Gasteiger partial charge on any atom is 0.314 e. The van der Waals surface area contributed by atoms with Crippen LogP contribution in [0.5, 0.6) is 0 Å². The first-order chi connectivity index (χ1) is 18.9. The Bertz CT molecular complexity index is 693. The van der Waals surface area contributed by atoms with E-state index < -0.39 is 25.2 Å². The Balaban J connectivity index is -0.000000886. The van der Waals surface area contributed by atoms with E-state index in [4.69, 9.17) is 27.9 Å². The lowest BCUT2D eigenvalue weighted by Gasteiger charge is -2.48. The van der Waals surface area contributed by atoms with Gasteiger partial charge in [0.05, 0.1) is 25.4 Å². The van der Waals surface area contributed by atoms with Crippen LogP contribution in [0, 0.1) is 0 Å². The van der Waals surface area contributed by atoms with E-state index >= 15 is 0 Å². The van der Waals surface area contributed by atoms with Crippen LogP contribution in [0.25, 0.3) is 0 Å². The summed E-state index contributed by atoms with van der Waals surface area (Å²) in [4.78, 5) is 11.6. The molecular weight excluding hydrogens is 585 g/mol. The largest absolute Gasteiger partial charge is 0.436 e. The molecular formula is C31H70O8Si3. The number of hydrogen-bond acceptors (Lipinski definition) is 8. The number of aliphatic hydroxyl groups is 2. The third-order valence-corrected chi connectivity index (χ3v) is 24.0. The molecule has 0 amide bonds. The fourth-order valence-corrected chi connectivity index (χ4v) is 16.2. The van der Waals surface area contributed by atoms with Crippen LogP contribution in [0.2, 0.25) is 48.9 Å². The Morgan fingerprint density at radius 3 is 1.57 bits per heavy atom. The first-order valence-corrected chi connectivity index (χ1v) is 23.7. The maximum atomic E-state index is 11.6. The summed E-state index contributed by atoms with van der Waals surface area (Å²) in [5.41, 5.74) is 0.543. The molecule has 0 aliphatic heterocycles. The standard InChI is InChI=1S/C21H46O4Si3.2C5H12O2/c1-18(2)19(22)17-23-15-14-16-28(13,24-26(9,10)20(3,4)5)25-27(11,12)21(6,7)8;1-3-5(6)4-7-2;1-3-5(4-6)7-2/h1,14-17H2,2-13H3;2*5-6H,3-4H2,1-2H3. The van der Waals surface area contributed by atoms with E-state index in [-0.39, 0.29) is 41.3 Å². The van der Waals surface area contributed by atoms with E-state index in [0.29, 0.717) is 18.8 Å². The van der Waals surface area contributed by atoms with Crippen molar-refractivity contribution < 1.29 is 37.4 Å². The van der Waals surface area contributed by atoms with E-state index in [0.717, 1.165) is 25.3 Å². The van der Waals surface area contributed by atoms with Gasteiger partial charge in [0.25, 0.3) is 0 Å². The van der Waals surface area contributed by atoms with Gasteiger partial charge in [0.2, 0.25) is 0 Å². The molecule has 0 spiro atoms. The van der Waals surface area contributed by atoms with Gasteiger partial charge >= 0.3 is 8.56 Å². The number of methoxy groups -OCH3 is 2. The van der Waals surface area contributed by atoms with E-state index in [1.165, 1.54) is 0 Å². The monoisotopic (exact) mass is 654 g/mol. The summed E-state index contributed by atoms with van der Waals surface area (Å²) in [6.07, 6.45) is 2.26. The number of aliphatic hydroxyl groups excluding tert-OH is 2. The lowest BCUT2D eigenvalue weighted by Crippen LogP contribution is -2.58. The third-order valence-electron chi connectivity index (χ3n) is 8.01. The van der Waals surface area contributed by atoms with E-state index in [1.807, 2.05) is 13.8 Å². The predicted octanol–water partition coefficient (Wildman–Crippen LogP) is 7.46. The third kappa shape index (κ3) is 20.7. The Morgan fingerprint density at radius 2 is 1.33 bits per heavy atom. The number of Topliss-reactive ketones (excluding diaryl/α,β-unsaturated/α-hetero) is 1. The molecule has 0 aromatic carbocycles. The summed E-state index contributed by atoms with van der Waals surface area (Å²) in [5, 5.41) is 17.4. The molecule has 0 rings (SSSR count). The first-order valence-electron chi connectivity index (χ1n) is 15.4. The number of rotatable bonds is 17. The highest BCUT2D eigenvalue weighted by atomic mass is 28.5. The van der Waals surface area contributed by atoms with Crippen molar-refractivity contribution in [2.45, 2.75) is 143 Å². The van der Waals surface area contributed by atoms with Crippen LogP contribution >= 0.6 is 0 Å². The molecule has 0 aliphatic carbocycles. The van der Waals surface area contributed by atoms with Crippen LogP contribution in [0.3, 0.4) is 0 Å². The molecule has 0 fully saturated rings. The molecule has 0 radical (unpaired) electrons. The average Bonchev–Trinajstić information content (AvgIpc) is 2.83. The first kappa shape index (κ1) is 46.2. The van der Waals surface area contributed by atoms with E-state index in [9.17, 15) is 4.79 Å². The Labute approximate surface area is 263 Å². The van der Waals surface area contributed by atoms with Crippen molar-refractivity contribution in [3.05, 3.63) is 12.2 Å². The van der Waals surface area contributed by atoms with Crippen LogP contribution in [0.15, 0.2) is 12.2 Å². The quantitative estimate of drug-likeness (QED) is 0.0947. The van der Waals surface area contributed by atoms with Gasteiger partial charge in [-0.05, 0) is 80.6 Å². The highest BCUT2D eigenvalue weighted by Gasteiger charge is 2.49. The second-order valence-corrected chi connectivity index (χ2v) is 27.6. The van der Waals surface area contributed by atoms with Crippen LogP contribution in [0.1, 0.15) is 81.6 Å². The van der Waals surface area contributed by atoms with Crippen LogP contribution < -0.4 is 0 Å². The molecule has 8 nitrogen and oxygen atoms in total. The van der Waals surface area contributed by atoms with E-state index in [2.05, 4.69) is 85.6 Å². The van der Waals surface area contributed by atoms with Gasteiger partial charge in [-0.25, -0.2) is 0 Å². The summed E-state index contributed by atoms with van der Waals surface area (Å²) in [6, 6.07) is 0.882. The molecule has 254 valence electrons. The number of carbonyl (C=O) groups is 1. The molecule has 2 unspecified atom stereocenters. The molecule has 2 atom stereocenters. The minimum atomic E-state index is -2.40. The molecule has 11 heteroatoms. The van der Waals surface area contributed by atoms with Crippen LogP contribution in [0.4, 0.5) is 0 Å². The summed E-state index contributed by atoms with van der Waals surface area (Å²) in [5.74, 6) is -0.0324. The molecule has 0 aromatic rings. The Kier molecular flexibility index (Phi) is 23.7. The second-order valence-electron chi connectivity index (χ2n) is 14.2. The van der Waals surface area contributed by atoms with Gasteiger partial charge in [-0.1, -0.05) is 62.0 Å². The van der Waals surface area contributed by atoms with Crippen LogP contribution in [-0.4, -0.2) is 94.0 Å². The molecule has 0 saturated carbocycles. The van der Waals surface area contributed by atoms with E-state index in [1.54, 1.807) is 21.1 Å². The fraction of sp³-hybridized carbons (Fsp3) is 0.903. The number of carbonyl (C=O) groups excluding carboxylic acids is 1. The van der Waals surface area contributed by atoms with Crippen molar-refractivity contribution in [1.29, 1.82) is 0 Å². The lowest BCUT2D eigenvalue weighted by molar-refractivity contribution is -0.119. The van der Waals surface area contributed by atoms with Crippen molar-refractivity contribution in [3.63, 3.8) is 0 Å². The van der Waals surface area contributed by atoms with Crippen molar-refractivity contribution >= 4 is 31.0 Å². The highest BCUT2D eigenvalue weighted by molar-refractivity contribution is 6.89. The molecule has 2 N–H and O–H groups in total. The topological polar surface area (TPSA) is 104 Å². The van der Waals surface area contributed by atoms with Gasteiger partial charge in [0.1, 0.15) is 6.61 Å². The Hall–Kier alpha value is -0.219. The van der Waals surface area contributed by atoms with Gasteiger partial charge in [-0.2, -0.15) is 0 Å². The second kappa shape index (κ2) is 21.5. The molecule has 0 aromatic heterocycles. The van der Waals surface area contributed by atoms with Crippen molar-refractivity contribution in [3.8, 4) is 0 Å². The lowest BCUT2D eigenvalue weighted by atomic mass is 10.2. The summed E-state index contributed by atoms with van der Waals surface area (Å²) in [7, 11) is -3.11. The maximum absolute atomic E-state index is 11.6. The normalized spacial score (nSPS) is 14.2. The fourth-order valence-electron chi connectivity index (χ4n) is 2.97. The molecule has 0 bridgehead atoms. The van der Waals surface area contributed by atoms with Gasteiger partial charge in [0, 0.05) is 20.8 Å². The zero-order valence-corrected chi connectivity index (χ0v) is 33.4. The smallest absolute Gasteiger partial charge is 0.314 e. The van der Waals surface area contributed by atoms with Gasteiger partial charge in [-0.15, -0.1) is 0 Å². The zero-order valence-electron chi connectivity index (χ0n) is 30.4. The Morgan fingerprint density at radius 1 is 0.881 bits per heavy atom. The minimum absolute atomic E-state index is 0.0324. The molecule has 0 heterocycles. The van der Waals surface area contributed by atoms with Crippen molar-refractivity contribution in [2.24, 2.45) is 0 Å². The molecule has 42 heavy (non-hydrogen) atoms. The number of ketones is 1. The summed E-state index contributed by atoms with van der Waals surface area (Å²) in [6.45, 7) is 35.6. The predicted molar refractivity (Wildman–Crippen MR) is 185 cm³/mol. The number of hydrogen-bond donors (Lipinski definition) is 2. The van der Waals surface area contributed by atoms with Crippen LogP contribution in [-0.2, 0) is 27.2 Å². The summed E-state index contributed by atoms with van der Waals surface area (Å²) < 4.78 is 28.9. The average molecular weight is 655 g/mol. The molecule has 0 saturated heterocycles. The number of ether oxygens (including phenoxy) is 3. The summed E-state index contributed by atoms with van der Waals surface area (Å²) >= 11 is 0. The minimum Gasteiger partial charge on any atom is -0.436 e. The molecule has 0 aliphatic rings. The highest BCUT2D eigenvalue weighted by Crippen LogP contribution is 2.43. The van der Waals surface area contributed by atoms with Gasteiger partial charge in [-0.3, -0.25) is 4.79 Å². The van der Waals surface area contributed by atoms with Gasteiger partial charge < -0.3 is 32.7 Å². The van der Waals surface area contributed by atoms with Crippen molar-refractivity contribution in [1.82, 2.24) is 0 Å². The zero-order chi connectivity index (χ0) is 34.0. The van der Waals surface area contributed by atoms with Crippen molar-refractivity contribution in [2.75, 3.05) is 40.6 Å².